The lowest BCUT2D eigenvalue weighted by Gasteiger charge is -2.36. The summed E-state index contributed by atoms with van der Waals surface area (Å²) in [5.74, 6) is 1.09. The first-order chi connectivity index (χ1) is 7.61. The molecule has 0 amide bonds. The lowest BCUT2D eigenvalue weighted by molar-refractivity contribution is 0.421. The van der Waals surface area contributed by atoms with Crippen molar-refractivity contribution >= 4 is 5.95 Å². The summed E-state index contributed by atoms with van der Waals surface area (Å²) in [6.07, 6.45) is 5.25. The largest absolute Gasteiger partial charge is 0.339 e. The predicted molar refractivity (Wildman–Crippen MR) is 66.6 cm³/mol. The Balaban J connectivity index is 2.19. The average molecular weight is 222 g/mol. The molecule has 1 saturated heterocycles. The SMILES string of the molecule is CCc1cn(C)c(N2CCC(N)CC2C)n1. The molecule has 2 rings (SSSR count). The van der Waals surface area contributed by atoms with E-state index in [1.807, 2.05) is 0 Å². The molecule has 2 N–H and O–H groups in total. The molecular weight excluding hydrogens is 200 g/mol. The molecule has 0 aromatic carbocycles. The molecular formula is C12H22N4. The summed E-state index contributed by atoms with van der Waals surface area (Å²) in [4.78, 5) is 7.05. The second-order valence-corrected chi connectivity index (χ2v) is 4.82. The number of hydrogen-bond acceptors (Lipinski definition) is 3. The Bertz CT molecular complexity index is 358. The third-order valence-electron chi connectivity index (χ3n) is 3.44. The van der Waals surface area contributed by atoms with E-state index in [-0.39, 0.29) is 0 Å². The van der Waals surface area contributed by atoms with Gasteiger partial charge in [-0.2, -0.15) is 0 Å². The topological polar surface area (TPSA) is 47.1 Å². The molecule has 0 aliphatic carbocycles. The molecule has 0 spiro atoms. The summed E-state index contributed by atoms with van der Waals surface area (Å²) in [6, 6.07) is 0.853. The van der Waals surface area contributed by atoms with Gasteiger partial charge in [0, 0.05) is 31.9 Å². The van der Waals surface area contributed by atoms with Crippen molar-refractivity contribution in [2.75, 3.05) is 11.4 Å². The van der Waals surface area contributed by atoms with Crippen LogP contribution in [0.3, 0.4) is 0 Å². The minimum Gasteiger partial charge on any atom is -0.339 e. The monoisotopic (exact) mass is 222 g/mol. The van der Waals surface area contributed by atoms with Crippen LogP contribution in [0.25, 0.3) is 0 Å². The maximum Gasteiger partial charge on any atom is 0.205 e. The third kappa shape index (κ3) is 2.07. The molecule has 90 valence electrons. The van der Waals surface area contributed by atoms with Gasteiger partial charge in [0.1, 0.15) is 0 Å². The number of anilines is 1. The molecule has 2 unspecified atom stereocenters. The van der Waals surface area contributed by atoms with Crippen molar-refractivity contribution in [3.8, 4) is 0 Å². The van der Waals surface area contributed by atoms with Crippen LogP contribution in [0.1, 0.15) is 32.4 Å². The van der Waals surface area contributed by atoms with Crippen LogP contribution in [-0.4, -0.2) is 28.2 Å². The Labute approximate surface area is 97.4 Å². The molecule has 2 heterocycles. The van der Waals surface area contributed by atoms with Crippen LogP contribution in [0.4, 0.5) is 5.95 Å². The summed E-state index contributed by atoms with van der Waals surface area (Å²) in [7, 11) is 2.07. The lowest BCUT2D eigenvalue weighted by atomic mass is 10.00. The van der Waals surface area contributed by atoms with Crippen LogP contribution in [0.15, 0.2) is 6.20 Å². The Kier molecular flexibility index (Phi) is 3.19. The molecule has 0 radical (unpaired) electrons. The molecule has 1 aromatic rings. The minimum atomic E-state index is 0.358. The van der Waals surface area contributed by atoms with E-state index in [0.29, 0.717) is 12.1 Å². The summed E-state index contributed by atoms with van der Waals surface area (Å²) >= 11 is 0. The van der Waals surface area contributed by atoms with E-state index in [1.54, 1.807) is 0 Å². The summed E-state index contributed by atoms with van der Waals surface area (Å²) < 4.78 is 2.13. The van der Waals surface area contributed by atoms with Crippen molar-refractivity contribution in [1.29, 1.82) is 0 Å². The van der Waals surface area contributed by atoms with E-state index in [0.717, 1.165) is 31.8 Å². The zero-order chi connectivity index (χ0) is 11.7. The molecule has 0 bridgehead atoms. The zero-order valence-electron chi connectivity index (χ0n) is 10.5. The molecule has 2 atom stereocenters. The maximum atomic E-state index is 5.98. The van der Waals surface area contributed by atoms with Crippen molar-refractivity contribution < 1.29 is 0 Å². The van der Waals surface area contributed by atoms with Crippen molar-refractivity contribution in [3.63, 3.8) is 0 Å². The molecule has 1 aliphatic heterocycles. The summed E-state index contributed by atoms with van der Waals surface area (Å²) in [5, 5.41) is 0. The number of nitrogens with zero attached hydrogens (tertiary/aromatic N) is 3. The number of aryl methyl sites for hydroxylation is 2. The van der Waals surface area contributed by atoms with Gasteiger partial charge in [0.25, 0.3) is 0 Å². The maximum absolute atomic E-state index is 5.98. The van der Waals surface area contributed by atoms with E-state index in [4.69, 9.17) is 5.73 Å². The van der Waals surface area contributed by atoms with E-state index < -0.39 is 0 Å². The fraction of sp³-hybridized carbons (Fsp3) is 0.750. The Hall–Kier alpha value is -1.03. The van der Waals surface area contributed by atoms with E-state index in [9.17, 15) is 0 Å². The van der Waals surface area contributed by atoms with Crippen LogP contribution in [0.5, 0.6) is 0 Å². The number of aromatic nitrogens is 2. The van der Waals surface area contributed by atoms with Gasteiger partial charge in [0.2, 0.25) is 5.95 Å². The van der Waals surface area contributed by atoms with Crippen LogP contribution in [-0.2, 0) is 13.5 Å². The van der Waals surface area contributed by atoms with Crippen molar-refractivity contribution in [1.82, 2.24) is 9.55 Å². The number of nitrogens with two attached hydrogens (primary N) is 1. The summed E-state index contributed by atoms with van der Waals surface area (Å²) in [6.45, 7) is 5.40. The molecule has 1 aliphatic rings. The van der Waals surface area contributed by atoms with Gasteiger partial charge in [-0.15, -0.1) is 0 Å². The van der Waals surface area contributed by atoms with Crippen molar-refractivity contribution in [2.45, 2.75) is 45.2 Å². The second-order valence-electron chi connectivity index (χ2n) is 4.82. The highest BCUT2D eigenvalue weighted by Gasteiger charge is 2.25. The third-order valence-corrected chi connectivity index (χ3v) is 3.44. The van der Waals surface area contributed by atoms with Gasteiger partial charge in [0.15, 0.2) is 0 Å². The molecule has 1 fully saturated rings. The highest BCUT2D eigenvalue weighted by atomic mass is 15.3. The minimum absolute atomic E-state index is 0.358. The highest BCUT2D eigenvalue weighted by Crippen LogP contribution is 2.23. The number of hydrogen-bond donors (Lipinski definition) is 1. The van der Waals surface area contributed by atoms with E-state index >= 15 is 0 Å². The average Bonchev–Trinajstić information content (AvgIpc) is 2.60. The van der Waals surface area contributed by atoms with Gasteiger partial charge < -0.3 is 15.2 Å². The first-order valence-electron chi connectivity index (χ1n) is 6.16. The Morgan fingerprint density at radius 1 is 1.56 bits per heavy atom. The fourth-order valence-electron chi connectivity index (χ4n) is 2.46. The van der Waals surface area contributed by atoms with Crippen LogP contribution in [0, 0.1) is 0 Å². The number of rotatable bonds is 2. The van der Waals surface area contributed by atoms with Gasteiger partial charge in [-0.25, -0.2) is 4.98 Å². The van der Waals surface area contributed by atoms with Gasteiger partial charge >= 0.3 is 0 Å². The normalized spacial score (nSPS) is 26.1. The Morgan fingerprint density at radius 2 is 2.31 bits per heavy atom. The standard InChI is InChI=1S/C12H22N4/c1-4-11-8-15(3)12(14-11)16-6-5-10(13)7-9(16)2/h8-10H,4-7,13H2,1-3H3. The summed E-state index contributed by atoms with van der Waals surface area (Å²) in [5.41, 5.74) is 7.15. The van der Waals surface area contributed by atoms with E-state index in [2.05, 4.69) is 41.5 Å². The molecule has 0 saturated carbocycles. The van der Waals surface area contributed by atoms with Crippen molar-refractivity contribution in [3.05, 3.63) is 11.9 Å². The highest BCUT2D eigenvalue weighted by molar-refractivity contribution is 5.35. The van der Waals surface area contributed by atoms with Gasteiger partial charge in [0.05, 0.1) is 5.69 Å². The van der Waals surface area contributed by atoms with Crippen LogP contribution in [0.2, 0.25) is 0 Å². The number of imidazole rings is 1. The van der Waals surface area contributed by atoms with Crippen molar-refractivity contribution in [2.24, 2.45) is 12.8 Å². The predicted octanol–water partition coefficient (Wildman–Crippen LogP) is 1.30. The van der Waals surface area contributed by atoms with Gasteiger partial charge in [-0.3, -0.25) is 0 Å². The first kappa shape index (κ1) is 11.5. The molecule has 16 heavy (non-hydrogen) atoms. The molecule has 4 nitrogen and oxygen atoms in total. The second kappa shape index (κ2) is 4.45. The van der Waals surface area contributed by atoms with Gasteiger partial charge in [-0.1, -0.05) is 6.92 Å². The zero-order valence-corrected chi connectivity index (χ0v) is 10.5. The smallest absolute Gasteiger partial charge is 0.205 e. The first-order valence-corrected chi connectivity index (χ1v) is 6.16. The Morgan fingerprint density at radius 3 is 2.88 bits per heavy atom. The van der Waals surface area contributed by atoms with Crippen LogP contribution < -0.4 is 10.6 Å². The van der Waals surface area contributed by atoms with Gasteiger partial charge in [-0.05, 0) is 26.2 Å². The number of piperidine rings is 1. The van der Waals surface area contributed by atoms with E-state index in [1.165, 1.54) is 5.69 Å². The fourth-order valence-corrected chi connectivity index (χ4v) is 2.46. The molecule has 1 aromatic heterocycles. The van der Waals surface area contributed by atoms with Crippen LogP contribution >= 0.6 is 0 Å². The quantitative estimate of drug-likeness (QED) is 0.820. The lowest BCUT2D eigenvalue weighted by Crippen LogP contribution is -2.46. The molecule has 4 heteroatoms.